The number of aliphatic hydroxyl groups is 1. The van der Waals surface area contributed by atoms with E-state index in [0.29, 0.717) is 24.4 Å². The van der Waals surface area contributed by atoms with Crippen molar-refractivity contribution in [3.63, 3.8) is 0 Å². The summed E-state index contributed by atoms with van der Waals surface area (Å²) in [6.45, 7) is 10.6. The molecule has 0 spiro atoms. The lowest BCUT2D eigenvalue weighted by atomic mass is 10.0. The molecule has 1 amide bonds. The van der Waals surface area contributed by atoms with E-state index in [1.807, 2.05) is 13.0 Å². The minimum atomic E-state index is -1.18. The maximum absolute atomic E-state index is 13.3. The van der Waals surface area contributed by atoms with Crippen molar-refractivity contribution in [2.75, 3.05) is 13.1 Å². The van der Waals surface area contributed by atoms with Crippen molar-refractivity contribution in [2.24, 2.45) is 10.9 Å². The first-order chi connectivity index (χ1) is 15.0. The van der Waals surface area contributed by atoms with Crippen LogP contribution in [0, 0.1) is 5.92 Å². The predicted molar refractivity (Wildman–Crippen MR) is 124 cm³/mol. The van der Waals surface area contributed by atoms with Crippen LogP contribution in [0.15, 0.2) is 39.9 Å². The molecule has 4 N–H and O–H groups in total. The number of nitrogens with zero attached hydrogens (tertiary/aromatic N) is 2. The number of pyridine rings is 1. The molecule has 8 nitrogen and oxygen atoms in total. The van der Waals surface area contributed by atoms with Crippen LogP contribution in [0.1, 0.15) is 50.2 Å². The molecule has 2 heterocycles. The molecule has 0 fully saturated rings. The normalized spacial score (nSPS) is 16.6. The van der Waals surface area contributed by atoms with Gasteiger partial charge in [-0.3, -0.25) is 14.6 Å². The quantitative estimate of drug-likeness (QED) is 0.362. The summed E-state index contributed by atoms with van der Waals surface area (Å²) in [5.41, 5.74) is -1.37. The van der Waals surface area contributed by atoms with Gasteiger partial charge in [0.25, 0.3) is 11.5 Å². The second-order valence-electron chi connectivity index (χ2n) is 8.32. The number of rotatable bonds is 8. The molecule has 0 aliphatic carbocycles. The van der Waals surface area contributed by atoms with Crippen molar-refractivity contribution in [3.8, 4) is 5.75 Å². The molecule has 0 bridgehead atoms. The summed E-state index contributed by atoms with van der Waals surface area (Å²) in [7, 11) is 0. The van der Waals surface area contributed by atoms with Gasteiger partial charge in [-0.15, -0.1) is 0 Å². The van der Waals surface area contributed by atoms with E-state index in [1.165, 1.54) is 30.6 Å². The molecule has 1 unspecified atom stereocenters. The van der Waals surface area contributed by atoms with Crippen molar-refractivity contribution in [1.82, 2.24) is 15.2 Å². The Morgan fingerprint density at radius 2 is 2.16 bits per heavy atom. The predicted octanol–water partition coefficient (Wildman–Crippen LogP) is 2.79. The molecule has 9 heteroatoms. The van der Waals surface area contributed by atoms with Crippen LogP contribution in [0.25, 0.3) is 5.70 Å². The van der Waals surface area contributed by atoms with Gasteiger partial charge >= 0.3 is 0 Å². The Hall–Kier alpha value is -3.20. The molecule has 1 aromatic rings. The highest BCUT2D eigenvalue weighted by Crippen LogP contribution is 2.36. The molecule has 0 saturated carbocycles. The number of allylic oxidation sites excluding steroid dienone is 5. The van der Waals surface area contributed by atoms with Crippen molar-refractivity contribution in [2.45, 2.75) is 46.3 Å². The summed E-state index contributed by atoms with van der Waals surface area (Å²) >= 11 is 0. The molecule has 0 radical (unpaired) electrons. The van der Waals surface area contributed by atoms with Crippen LogP contribution in [-0.4, -0.2) is 46.1 Å². The van der Waals surface area contributed by atoms with Gasteiger partial charge < -0.3 is 25.4 Å². The van der Waals surface area contributed by atoms with Gasteiger partial charge in [-0.2, -0.15) is 0 Å². The van der Waals surface area contributed by atoms with Crippen LogP contribution >= 0.6 is 0 Å². The average molecular weight is 447 g/mol. The number of halogens is 1. The first kappa shape index (κ1) is 25.1. The van der Waals surface area contributed by atoms with Crippen LogP contribution in [-0.2, 0) is 6.54 Å². The third-order valence-electron chi connectivity index (χ3n) is 4.94. The molecular weight excluding hydrogens is 415 g/mol. The first-order valence-electron chi connectivity index (χ1n) is 10.4. The number of nitrogens with one attached hydrogen (secondary N) is 2. The Bertz CT molecular complexity index is 1030. The zero-order valence-electron chi connectivity index (χ0n) is 18.9. The van der Waals surface area contributed by atoms with Crippen LogP contribution < -0.4 is 16.2 Å². The van der Waals surface area contributed by atoms with E-state index < -0.39 is 28.4 Å². The number of carbonyl (C=O) groups excluding carboxylic acids is 1. The Labute approximate surface area is 186 Å². The lowest BCUT2D eigenvalue weighted by molar-refractivity contribution is 0.0691. The standard InChI is InChI=1S/C23H31FN4O4/c1-6-15(24)9-7-14(2)8-10-16-19-18(25-5)20(29)17(21(30)27-13-23(3,4)32)22(31)28(19)12-11-26-16/h6-7,9-10,14,26,29,32H,5,8,11-13H2,1-4H3,(H,27,30)/b9-7-,15-6+,16-10-. The molecule has 1 aliphatic heterocycles. The Morgan fingerprint density at radius 3 is 2.75 bits per heavy atom. The summed E-state index contributed by atoms with van der Waals surface area (Å²) in [6.07, 6.45) is 6.89. The van der Waals surface area contributed by atoms with Crippen molar-refractivity contribution in [1.29, 1.82) is 0 Å². The molecule has 2 rings (SSSR count). The fourth-order valence-electron chi connectivity index (χ4n) is 3.21. The van der Waals surface area contributed by atoms with Gasteiger partial charge in [0.05, 0.1) is 17.0 Å². The average Bonchev–Trinajstić information content (AvgIpc) is 2.74. The molecule has 32 heavy (non-hydrogen) atoms. The maximum Gasteiger partial charge on any atom is 0.267 e. The van der Waals surface area contributed by atoms with E-state index >= 15 is 0 Å². The molecule has 1 atom stereocenters. The highest BCUT2D eigenvalue weighted by Gasteiger charge is 2.29. The SMILES string of the molecule is C=Nc1c(O)c(C(=O)NCC(C)(C)O)c(=O)n2c1/C(=C/CC(C)/C=C\C(F)=C/C)NCC2. The third kappa shape index (κ3) is 5.94. The molecule has 1 aromatic heterocycles. The summed E-state index contributed by atoms with van der Waals surface area (Å²) < 4.78 is 14.7. The van der Waals surface area contributed by atoms with Crippen LogP contribution in [0.2, 0.25) is 0 Å². The Morgan fingerprint density at radius 1 is 1.47 bits per heavy atom. The summed E-state index contributed by atoms with van der Waals surface area (Å²) in [4.78, 5) is 29.6. The minimum Gasteiger partial charge on any atom is -0.505 e. The van der Waals surface area contributed by atoms with Crippen molar-refractivity contribution < 1.29 is 19.4 Å². The van der Waals surface area contributed by atoms with Gasteiger partial charge in [-0.25, -0.2) is 4.39 Å². The van der Waals surface area contributed by atoms with E-state index in [2.05, 4.69) is 22.3 Å². The number of amides is 1. The van der Waals surface area contributed by atoms with Crippen molar-refractivity contribution in [3.05, 3.63) is 51.7 Å². The number of hydrogen-bond donors (Lipinski definition) is 4. The van der Waals surface area contributed by atoms with E-state index in [1.54, 1.807) is 13.0 Å². The minimum absolute atomic E-state index is 0.0118. The zero-order chi connectivity index (χ0) is 24.1. The van der Waals surface area contributed by atoms with Crippen LogP contribution in [0.4, 0.5) is 10.1 Å². The second-order valence-corrected chi connectivity index (χ2v) is 8.32. The van der Waals surface area contributed by atoms with Crippen LogP contribution in [0.5, 0.6) is 5.75 Å². The smallest absolute Gasteiger partial charge is 0.267 e. The van der Waals surface area contributed by atoms with Crippen molar-refractivity contribution >= 4 is 24.0 Å². The number of fused-ring (bicyclic) bond motifs is 1. The monoisotopic (exact) mass is 446 g/mol. The highest BCUT2D eigenvalue weighted by atomic mass is 19.1. The number of carbonyl (C=O) groups is 1. The van der Waals surface area contributed by atoms with Gasteiger partial charge in [-0.1, -0.05) is 25.2 Å². The highest BCUT2D eigenvalue weighted by molar-refractivity contribution is 5.99. The summed E-state index contributed by atoms with van der Waals surface area (Å²) in [5, 5.41) is 26.2. The largest absolute Gasteiger partial charge is 0.505 e. The first-order valence-corrected chi connectivity index (χ1v) is 10.4. The van der Waals surface area contributed by atoms with Gasteiger partial charge in [0.1, 0.15) is 17.1 Å². The van der Waals surface area contributed by atoms with Crippen LogP contribution in [0.3, 0.4) is 0 Å². The zero-order valence-corrected chi connectivity index (χ0v) is 18.9. The van der Waals surface area contributed by atoms with Gasteiger partial charge in [-0.05, 0) is 45.9 Å². The van der Waals surface area contributed by atoms with Gasteiger partial charge in [0, 0.05) is 19.6 Å². The number of hydrogen-bond acceptors (Lipinski definition) is 6. The topological polar surface area (TPSA) is 116 Å². The van der Waals surface area contributed by atoms with E-state index in [-0.39, 0.29) is 30.5 Å². The number of aromatic hydroxyl groups is 1. The molecule has 174 valence electrons. The fourth-order valence-corrected chi connectivity index (χ4v) is 3.21. The van der Waals surface area contributed by atoms with E-state index in [0.717, 1.165) is 0 Å². The molecule has 0 saturated heterocycles. The Balaban J connectivity index is 2.46. The number of aliphatic imine (C=N–C) groups is 1. The molecule has 0 aromatic carbocycles. The summed E-state index contributed by atoms with van der Waals surface area (Å²) in [5.74, 6) is -1.68. The molecule has 1 aliphatic rings. The maximum atomic E-state index is 13.3. The third-order valence-corrected chi connectivity index (χ3v) is 4.94. The molecular formula is C23H31FN4O4. The Kier molecular flexibility index (Phi) is 8.15. The fraction of sp³-hybridized carbons (Fsp3) is 0.435. The summed E-state index contributed by atoms with van der Waals surface area (Å²) in [6, 6.07) is 0. The lowest BCUT2D eigenvalue weighted by Gasteiger charge is -2.26. The van der Waals surface area contributed by atoms with Gasteiger partial charge in [0.15, 0.2) is 5.75 Å². The van der Waals surface area contributed by atoms with E-state index in [4.69, 9.17) is 0 Å². The lowest BCUT2D eigenvalue weighted by Crippen LogP contribution is -2.43. The second kappa shape index (κ2) is 10.4. The van der Waals surface area contributed by atoms with Gasteiger partial charge in [0.2, 0.25) is 0 Å². The number of aromatic nitrogens is 1. The van der Waals surface area contributed by atoms with E-state index in [9.17, 15) is 24.2 Å².